The fraction of sp³-hybridized carbons (Fsp3) is 0.192. The number of hydrogen-bond acceptors (Lipinski definition) is 4. The van der Waals surface area contributed by atoms with Gasteiger partial charge in [-0.2, -0.15) is 0 Å². The van der Waals surface area contributed by atoms with Crippen molar-refractivity contribution >= 4 is 23.1 Å². The minimum absolute atomic E-state index is 0.0711. The van der Waals surface area contributed by atoms with Crippen molar-refractivity contribution in [1.82, 2.24) is 4.98 Å². The molecule has 1 N–H and O–H groups in total. The summed E-state index contributed by atoms with van der Waals surface area (Å²) in [5.74, 6) is -1.54. The molecule has 5 heteroatoms. The van der Waals surface area contributed by atoms with E-state index in [0.717, 1.165) is 24.0 Å². The summed E-state index contributed by atoms with van der Waals surface area (Å²) in [5.41, 5.74) is 4.10. The molecule has 1 aliphatic heterocycles. The average Bonchev–Trinajstić information content (AvgIpc) is 3.09. The van der Waals surface area contributed by atoms with Gasteiger partial charge >= 0.3 is 0 Å². The topological polar surface area (TPSA) is 70.5 Å². The molecular formula is C26H24N2O3. The number of aromatic nitrogens is 1. The Morgan fingerprint density at radius 1 is 0.935 bits per heavy atom. The van der Waals surface area contributed by atoms with Crippen LogP contribution in [0.25, 0.3) is 5.76 Å². The van der Waals surface area contributed by atoms with Gasteiger partial charge in [-0.1, -0.05) is 56.3 Å². The largest absolute Gasteiger partial charge is 0.507 e. The Morgan fingerprint density at radius 2 is 1.55 bits per heavy atom. The molecule has 5 nitrogen and oxygen atoms in total. The number of amides is 1. The van der Waals surface area contributed by atoms with Crippen molar-refractivity contribution in [1.29, 1.82) is 0 Å². The first-order valence-corrected chi connectivity index (χ1v) is 10.4. The maximum absolute atomic E-state index is 13.1. The molecule has 1 unspecified atom stereocenters. The minimum atomic E-state index is -0.757. The van der Waals surface area contributed by atoms with Crippen LogP contribution in [0.2, 0.25) is 0 Å². The van der Waals surface area contributed by atoms with Crippen LogP contribution in [0.3, 0.4) is 0 Å². The van der Waals surface area contributed by atoms with Gasteiger partial charge in [0.2, 0.25) is 0 Å². The Bertz CT molecular complexity index is 1130. The van der Waals surface area contributed by atoms with Crippen molar-refractivity contribution in [2.24, 2.45) is 0 Å². The highest BCUT2D eigenvalue weighted by atomic mass is 16.3. The number of carbonyl (C=O) groups excluding carboxylic acids is 2. The van der Waals surface area contributed by atoms with E-state index in [0.29, 0.717) is 16.8 Å². The fourth-order valence-electron chi connectivity index (χ4n) is 3.90. The molecule has 1 amide bonds. The zero-order valence-corrected chi connectivity index (χ0v) is 17.6. The predicted molar refractivity (Wildman–Crippen MR) is 121 cm³/mol. The summed E-state index contributed by atoms with van der Waals surface area (Å²) >= 11 is 0. The van der Waals surface area contributed by atoms with Crippen LogP contribution in [0.15, 0.2) is 78.6 Å². The number of hydrogen-bond donors (Lipinski definition) is 1. The average molecular weight is 412 g/mol. The standard InChI is InChI=1S/C26H24N2O3/c1-3-17-7-11-19(12-8-17)24(29)22-23(20-6-5-15-27-16-20)28(26(31)25(22)30)21-13-9-18(4-2)10-14-21/h5-16,23,29H,3-4H2,1-2H3/b24-22-. The SMILES string of the molecule is CCc1ccc(/C(O)=C2/C(=O)C(=O)N(c3ccc(CC)cc3)C2c2cccnc2)cc1. The number of nitrogens with zero attached hydrogens (tertiary/aromatic N) is 2. The van der Waals surface area contributed by atoms with E-state index in [-0.39, 0.29) is 11.3 Å². The maximum Gasteiger partial charge on any atom is 0.300 e. The van der Waals surface area contributed by atoms with Gasteiger partial charge in [-0.3, -0.25) is 19.5 Å². The van der Waals surface area contributed by atoms with E-state index in [9.17, 15) is 14.7 Å². The molecule has 0 spiro atoms. The van der Waals surface area contributed by atoms with Crippen LogP contribution >= 0.6 is 0 Å². The lowest BCUT2D eigenvalue weighted by Gasteiger charge is -2.25. The van der Waals surface area contributed by atoms with Gasteiger partial charge in [0.15, 0.2) is 0 Å². The highest BCUT2D eigenvalue weighted by Gasteiger charge is 2.47. The molecule has 156 valence electrons. The second-order valence-corrected chi connectivity index (χ2v) is 7.53. The second kappa shape index (κ2) is 8.56. The molecule has 0 radical (unpaired) electrons. The molecule has 3 aromatic rings. The lowest BCUT2D eigenvalue weighted by molar-refractivity contribution is -0.132. The molecular weight excluding hydrogens is 388 g/mol. The maximum atomic E-state index is 13.1. The van der Waals surface area contributed by atoms with Crippen molar-refractivity contribution in [3.8, 4) is 0 Å². The minimum Gasteiger partial charge on any atom is -0.507 e. The third kappa shape index (κ3) is 3.75. The zero-order valence-electron chi connectivity index (χ0n) is 17.6. The number of Topliss-reactive ketones (excluding diaryl/α,β-unsaturated/α-hetero) is 1. The Morgan fingerprint density at radius 3 is 2.10 bits per heavy atom. The van der Waals surface area contributed by atoms with Crippen LogP contribution < -0.4 is 4.90 Å². The van der Waals surface area contributed by atoms with Gasteiger partial charge in [0.05, 0.1) is 11.6 Å². The van der Waals surface area contributed by atoms with Gasteiger partial charge in [-0.15, -0.1) is 0 Å². The molecule has 31 heavy (non-hydrogen) atoms. The number of ketones is 1. The molecule has 1 atom stereocenters. The molecule has 1 fully saturated rings. The zero-order chi connectivity index (χ0) is 22.0. The summed E-state index contributed by atoms with van der Waals surface area (Å²) in [6.07, 6.45) is 5.00. The number of carbonyl (C=O) groups is 2. The summed E-state index contributed by atoms with van der Waals surface area (Å²) in [5, 5.41) is 11.1. The van der Waals surface area contributed by atoms with E-state index in [1.54, 1.807) is 30.6 Å². The molecule has 0 aliphatic carbocycles. The highest BCUT2D eigenvalue weighted by Crippen LogP contribution is 2.41. The molecule has 2 aromatic carbocycles. The van der Waals surface area contributed by atoms with Crippen molar-refractivity contribution in [3.05, 3.63) is 101 Å². The Balaban J connectivity index is 1.88. The van der Waals surface area contributed by atoms with Crippen LogP contribution in [0, 0.1) is 0 Å². The summed E-state index contributed by atoms with van der Waals surface area (Å²) in [7, 11) is 0. The van der Waals surface area contributed by atoms with E-state index in [2.05, 4.69) is 11.9 Å². The van der Waals surface area contributed by atoms with Crippen LogP contribution in [-0.2, 0) is 22.4 Å². The monoisotopic (exact) mass is 412 g/mol. The number of benzene rings is 2. The van der Waals surface area contributed by atoms with E-state index in [4.69, 9.17) is 0 Å². The van der Waals surface area contributed by atoms with Crippen LogP contribution in [0.4, 0.5) is 5.69 Å². The van der Waals surface area contributed by atoms with Crippen molar-refractivity contribution in [2.75, 3.05) is 4.90 Å². The van der Waals surface area contributed by atoms with Gasteiger partial charge in [0, 0.05) is 23.6 Å². The molecule has 0 saturated carbocycles. The first-order chi connectivity index (χ1) is 15.0. The van der Waals surface area contributed by atoms with Gasteiger partial charge < -0.3 is 5.11 Å². The predicted octanol–water partition coefficient (Wildman–Crippen LogP) is 4.83. The first kappa shape index (κ1) is 20.5. The van der Waals surface area contributed by atoms with E-state index >= 15 is 0 Å². The highest BCUT2D eigenvalue weighted by molar-refractivity contribution is 6.51. The fourth-order valence-corrected chi connectivity index (χ4v) is 3.90. The number of anilines is 1. The Hall–Kier alpha value is -3.73. The summed E-state index contributed by atoms with van der Waals surface area (Å²) in [6, 6.07) is 17.7. The summed E-state index contributed by atoms with van der Waals surface area (Å²) in [6.45, 7) is 4.10. The van der Waals surface area contributed by atoms with Gasteiger partial charge in [-0.25, -0.2) is 0 Å². The van der Waals surface area contributed by atoms with Crippen molar-refractivity contribution in [2.45, 2.75) is 32.7 Å². The number of pyridine rings is 1. The first-order valence-electron chi connectivity index (χ1n) is 10.4. The lowest BCUT2D eigenvalue weighted by Crippen LogP contribution is -2.29. The quantitative estimate of drug-likeness (QED) is 0.370. The number of aryl methyl sites for hydroxylation is 2. The molecule has 1 saturated heterocycles. The third-order valence-electron chi connectivity index (χ3n) is 5.70. The van der Waals surface area contributed by atoms with E-state index in [1.165, 1.54) is 4.90 Å². The van der Waals surface area contributed by atoms with Gasteiger partial charge in [0.1, 0.15) is 5.76 Å². The summed E-state index contributed by atoms with van der Waals surface area (Å²) < 4.78 is 0. The van der Waals surface area contributed by atoms with Gasteiger partial charge in [-0.05, 0) is 47.7 Å². The molecule has 1 aromatic heterocycles. The number of aliphatic hydroxyl groups is 1. The Labute approximate surface area is 181 Å². The second-order valence-electron chi connectivity index (χ2n) is 7.53. The number of aliphatic hydroxyl groups excluding tert-OH is 1. The van der Waals surface area contributed by atoms with Crippen molar-refractivity contribution < 1.29 is 14.7 Å². The Kier molecular flexibility index (Phi) is 5.67. The van der Waals surface area contributed by atoms with E-state index in [1.807, 2.05) is 49.4 Å². The van der Waals surface area contributed by atoms with Crippen molar-refractivity contribution in [3.63, 3.8) is 0 Å². The normalized spacial score (nSPS) is 17.9. The lowest BCUT2D eigenvalue weighted by atomic mass is 9.95. The molecule has 1 aliphatic rings. The third-order valence-corrected chi connectivity index (χ3v) is 5.70. The van der Waals surface area contributed by atoms with E-state index < -0.39 is 17.7 Å². The van der Waals surface area contributed by atoms with Gasteiger partial charge in [0.25, 0.3) is 11.7 Å². The van der Waals surface area contributed by atoms with Crippen LogP contribution in [-0.4, -0.2) is 21.8 Å². The number of rotatable bonds is 5. The summed E-state index contributed by atoms with van der Waals surface area (Å²) in [4.78, 5) is 31.8. The molecule has 4 rings (SSSR count). The molecule has 0 bridgehead atoms. The van der Waals surface area contributed by atoms with Crippen LogP contribution in [0.5, 0.6) is 0 Å². The molecule has 2 heterocycles. The smallest absolute Gasteiger partial charge is 0.300 e. The van der Waals surface area contributed by atoms with Crippen LogP contribution in [0.1, 0.15) is 42.1 Å².